The molecule has 2 aromatic rings. The second-order valence-corrected chi connectivity index (χ2v) is 5.61. The number of hydrogen-bond donors (Lipinski definition) is 0. The molecule has 0 aliphatic heterocycles. The average molecular weight is 296 g/mol. The average Bonchev–Trinajstić information content (AvgIpc) is 2.38. The van der Waals surface area contributed by atoms with Crippen molar-refractivity contribution in [3.8, 4) is 11.5 Å². The van der Waals surface area contributed by atoms with Gasteiger partial charge < -0.3 is 8.92 Å². The molecular weight excluding hydrogens is 283 g/mol. The van der Waals surface area contributed by atoms with Gasteiger partial charge in [-0.3, -0.25) is 0 Å². The summed E-state index contributed by atoms with van der Waals surface area (Å²) in [7, 11) is -2.63. The monoisotopic (exact) mass is 296 g/mol. The Balaban J connectivity index is 2.41. The van der Waals surface area contributed by atoms with Crippen LogP contribution in [0.5, 0.6) is 11.5 Å². The SMILES string of the molecule is COc1ccccc1OS(=O)(=O)c1ccc(F)cc1C. The second kappa shape index (κ2) is 5.50. The van der Waals surface area contributed by atoms with E-state index in [4.69, 9.17) is 8.92 Å². The lowest BCUT2D eigenvalue weighted by Crippen LogP contribution is -2.12. The number of halogens is 1. The molecule has 0 N–H and O–H groups in total. The molecule has 0 aromatic heterocycles. The number of hydrogen-bond acceptors (Lipinski definition) is 4. The van der Waals surface area contributed by atoms with E-state index in [0.717, 1.165) is 12.1 Å². The maximum absolute atomic E-state index is 13.0. The summed E-state index contributed by atoms with van der Waals surface area (Å²) in [6, 6.07) is 9.78. The second-order valence-electron chi connectivity index (χ2n) is 4.10. The van der Waals surface area contributed by atoms with Crippen molar-refractivity contribution in [3.05, 3.63) is 53.8 Å². The molecule has 0 heterocycles. The first-order chi connectivity index (χ1) is 9.44. The van der Waals surface area contributed by atoms with E-state index in [1.165, 1.54) is 26.2 Å². The van der Waals surface area contributed by atoms with Gasteiger partial charge in [-0.25, -0.2) is 4.39 Å². The lowest BCUT2D eigenvalue weighted by molar-refractivity contribution is 0.390. The zero-order chi connectivity index (χ0) is 14.8. The van der Waals surface area contributed by atoms with Crippen LogP contribution in [-0.2, 0) is 10.1 Å². The van der Waals surface area contributed by atoms with Crippen LogP contribution in [0.25, 0.3) is 0 Å². The molecule has 0 saturated heterocycles. The van der Waals surface area contributed by atoms with Crippen molar-refractivity contribution in [2.75, 3.05) is 7.11 Å². The Kier molecular flexibility index (Phi) is 3.94. The van der Waals surface area contributed by atoms with Crippen LogP contribution < -0.4 is 8.92 Å². The predicted molar refractivity (Wildman–Crippen MR) is 71.9 cm³/mol. The number of aryl methyl sites for hydroxylation is 1. The van der Waals surface area contributed by atoms with Crippen molar-refractivity contribution in [1.29, 1.82) is 0 Å². The molecule has 0 aliphatic carbocycles. The van der Waals surface area contributed by atoms with Gasteiger partial charge in [-0.2, -0.15) is 8.42 Å². The van der Waals surface area contributed by atoms with Crippen LogP contribution in [0, 0.1) is 12.7 Å². The summed E-state index contributed by atoms with van der Waals surface area (Å²) in [6.07, 6.45) is 0. The fourth-order valence-corrected chi connectivity index (χ4v) is 2.90. The Morgan fingerprint density at radius 1 is 1.05 bits per heavy atom. The third kappa shape index (κ3) is 2.91. The van der Waals surface area contributed by atoms with Crippen molar-refractivity contribution in [1.82, 2.24) is 0 Å². The highest BCUT2D eigenvalue weighted by Crippen LogP contribution is 2.29. The predicted octanol–water partition coefficient (Wildman–Crippen LogP) is 2.91. The molecular formula is C14H13FO4S. The highest BCUT2D eigenvalue weighted by Gasteiger charge is 2.21. The summed E-state index contributed by atoms with van der Waals surface area (Å²) in [6.45, 7) is 1.50. The van der Waals surface area contributed by atoms with E-state index in [2.05, 4.69) is 0 Å². The summed E-state index contributed by atoms with van der Waals surface area (Å²) < 4.78 is 47.5. The highest BCUT2D eigenvalue weighted by atomic mass is 32.2. The first-order valence-corrected chi connectivity index (χ1v) is 7.18. The van der Waals surface area contributed by atoms with E-state index < -0.39 is 15.9 Å². The minimum absolute atomic E-state index is 0.0789. The van der Waals surface area contributed by atoms with Gasteiger partial charge in [0, 0.05) is 0 Å². The molecule has 2 rings (SSSR count). The summed E-state index contributed by atoms with van der Waals surface area (Å²) in [5.41, 5.74) is 0.278. The van der Waals surface area contributed by atoms with Crippen LogP contribution >= 0.6 is 0 Å². The topological polar surface area (TPSA) is 52.6 Å². The number of rotatable bonds is 4. The van der Waals surface area contributed by atoms with E-state index in [1.54, 1.807) is 18.2 Å². The van der Waals surface area contributed by atoms with E-state index in [-0.39, 0.29) is 16.2 Å². The summed E-state index contributed by atoms with van der Waals surface area (Å²) in [5.74, 6) is -0.117. The van der Waals surface area contributed by atoms with Crippen molar-refractivity contribution in [2.24, 2.45) is 0 Å². The summed E-state index contributed by atoms with van der Waals surface area (Å²) >= 11 is 0. The van der Waals surface area contributed by atoms with Crippen LogP contribution in [0.1, 0.15) is 5.56 Å². The molecule has 0 fully saturated rings. The Hall–Kier alpha value is -2.08. The molecule has 0 bridgehead atoms. The molecule has 6 heteroatoms. The maximum Gasteiger partial charge on any atom is 0.339 e. The minimum Gasteiger partial charge on any atom is -0.493 e. The Morgan fingerprint density at radius 3 is 2.30 bits per heavy atom. The summed E-state index contributed by atoms with van der Waals surface area (Å²) in [4.78, 5) is -0.0789. The Bertz CT molecular complexity index is 726. The van der Waals surface area contributed by atoms with Crippen LogP contribution in [-0.4, -0.2) is 15.5 Å². The van der Waals surface area contributed by atoms with Gasteiger partial charge in [0.05, 0.1) is 7.11 Å². The van der Waals surface area contributed by atoms with Crippen molar-refractivity contribution in [2.45, 2.75) is 11.8 Å². The number of para-hydroxylation sites is 2. The van der Waals surface area contributed by atoms with Crippen LogP contribution in [0.15, 0.2) is 47.4 Å². The van der Waals surface area contributed by atoms with Crippen molar-refractivity contribution >= 4 is 10.1 Å². The molecule has 2 aromatic carbocycles. The van der Waals surface area contributed by atoms with E-state index in [1.807, 2.05) is 0 Å². The van der Waals surface area contributed by atoms with E-state index >= 15 is 0 Å². The molecule has 0 unspecified atom stereocenters. The summed E-state index contributed by atoms with van der Waals surface area (Å²) in [5, 5.41) is 0. The highest BCUT2D eigenvalue weighted by molar-refractivity contribution is 7.87. The fraction of sp³-hybridized carbons (Fsp3) is 0.143. The zero-order valence-electron chi connectivity index (χ0n) is 11.0. The number of benzene rings is 2. The van der Waals surface area contributed by atoms with Gasteiger partial charge in [0.25, 0.3) is 0 Å². The van der Waals surface area contributed by atoms with Gasteiger partial charge in [0.15, 0.2) is 11.5 Å². The lowest BCUT2D eigenvalue weighted by Gasteiger charge is -2.11. The molecule has 0 amide bonds. The van der Waals surface area contributed by atoms with Gasteiger partial charge in [0.1, 0.15) is 10.7 Å². The fourth-order valence-electron chi connectivity index (χ4n) is 1.74. The molecule has 0 saturated carbocycles. The van der Waals surface area contributed by atoms with E-state index in [9.17, 15) is 12.8 Å². The van der Waals surface area contributed by atoms with Crippen LogP contribution in [0.2, 0.25) is 0 Å². The molecule has 20 heavy (non-hydrogen) atoms. The van der Waals surface area contributed by atoms with Gasteiger partial charge in [0.2, 0.25) is 0 Å². The molecule has 4 nitrogen and oxygen atoms in total. The van der Waals surface area contributed by atoms with E-state index in [0.29, 0.717) is 5.75 Å². The number of ether oxygens (including phenoxy) is 1. The zero-order valence-corrected chi connectivity index (χ0v) is 11.8. The molecule has 0 aliphatic rings. The normalized spacial score (nSPS) is 11.2. The van der Waals surface area contributed by atoms with Gasteiger partial charge in [-0.15, -0.1) is 0 Å². The van der Waals surface area contributed by atoms with Gasteiger partial charge in [-0.1, -0.05) is 12.1 Å². The third-order valence-corrected chi connectivity index (χ3v) is 4.07. The quantitative estimate of drug-likeness (QED) is 0.814. The lowest BCUT2D eigenvalue weighted by atomic mass is 10.2. The van der Waals surface area contributed by atoms with Gasteiger partial charge in [-0.05, 0) is 42.8 Å². The molecule has 106 valence electrons. The molecule has 0 spiro atoms. The Morgan fingerprint density at radius 2 is 1.70 bits per heavy atom. The Labute approximate surface area is 116 Å². The largest absolute Gasteiger partial charge is 0.493 e. The number of methoxy groups -OCH3 is 1. The van der Waals surface area contributed by atoms with Crippen molar-refractivity contribution < 1.29 is 21.7 Å². The standard InChI is InChI=1S/C14H13FO4S/c1-10-9-11(15)7-8-14(10)20(16,17)19-13-6-4-3-5-12(13)18-2/h3-9H,1-2H3. The third-order valence-electron chi connectivity index (χ3n) is 2.67. The molecule has 0 atom stereocenters. The van der Waals surface area contributed by atoms with Crippen LogP contribution in [0.3, 0.4) is 0 Å². The molecule has 0 radical (unpaired) electrons. The van der Waals surface area contributed by atoms with Crippen LogP contribution in [0.4, 0.5) is 4.39 Å². The van der Waals surface area contributed by atoms with Gasteiger partial charge >= 0.3 is 10.1 Å². The first kappa shape index (κ1) is 14.3. The van der Waals surface area contributed by atoms with Crippen molar-refractivity contribution in [3.63, 3.8) is 0 Å². The smallest absolute Gasteiger partial charge is 0.339 e. The first-order valence-electron chi connectivity index (χ1n) is 5.77. The minimum atomic E-state index is -4.04. The maximum atomic E-state index is 13.0.